The second kappa shape index (κ2) is 8.14. The molecule has 25 heavy (non-hydrogen) atoms. The molecule has 4 nitrogen and oxygen atoms in total. The van der Waals surface area contributed by atoms with E-state index in [1.165, 1.54) is 0 Å². The van der Waals surface area contributed by atoms with Crippen LogP contribution in [0, 0.1) is 5.95 Å². The van der Waals surface area contributed by atoms with E-state index >= 15 is 0 Å². The maximum Gasteiger partial charge on any atom is 0.222 e. The van der Waals surface area contributed by atoms with Gasteiger partial charge in [0.1, 0.15) is 19.0 Å². The van der Waals surface area contributed by atoms with Crippen LogP contribution in [0.1, 0.15) is 5.56 Å². The second-order valence-corrected chi connectivity index (χ2v) is 5.84. The minimum absolute atomic E-state index is 0.0707. The lowest BCUT2D eigenvalue weighted by Crippen LogP contribution is -2.16. The molecule has 0 aliphatic heterocycles. The lowest BCUT2D eigenvalue weighted by molar-refractivity contribution is 0.289. The Balaban J connectivity index is 1.73. The van der Waals surface area contributed by atoms with Gasteiger partial charge in [0, 0.05) is 34.0 Å². The van der Waals surface area contributed by atoms with Gasteiger partial charge >= 0.3 is 0 Å². The molecule has 6 heteroatoms. The molecule has 1 heterocycles. The summed E-state index contributed by atoms with van der Waals surface area (Å²) in [4.78, 5) is 3.82. The third-order valence-electron chi connectivity index (χ3n) is 3.72. The van der Waals surface area contributed by atoms with Gasteiger partial charge in [-0.1, -0.05) is 35.9 Å². The number of aromatic nitrogens is 1. The lowest BCUT2D eigenvalue weighted by Gasteiger charge is -2.11. The van der Waals surface area contributed by atoms with Crippen molar-refractivity contribution in [3.63, 3.8) is 0 Å². The first-order valence-corrected chi connectivity index (χ1v) is 8.29. The topological polar surface area (TPSA) is 43.4 Å². The van der Waals surface area contributed by atoms with Crippen molar-refractivity contribution in [2.24, 2.45) is 0 Å². The molecule has 0 aliphatic carbocycles. The van der Waals surface area contributed by atoms with Gasteiger partial charge < -0.3 is 14.8 Å². The van der Waals surface area contributed by atoms with Crippen LogP contribution in [0.3, 0.4) is 0 Å². The molecule has 0 bridgehead atoms. The van der Waals surface area contributed by atoms with E-state index in [0.717, 1.165) is 10.8 Å². The van der Waals surface area contributed by atoms with Gasteiger partial charge in [-0.3, -0.25) is 0 Å². The van der Waals surface area contributed by atoms with Crippen molar-refractivity contribution in [1.29, 1.82) is 0 Å². The van der Waals surface area contributed by atoms with Crippen molar-refractivity contribution in [2.45, 2.75) is 6.61 Å². The minimum Gasteiger partial charge on any atom is -0.488 e. The number of pyridine rings is 1. The van der Waals surface area contributed by atoms with Crippen molar-refractivity contribution in [3.05, 3.63) is 65.1 Å². The van der Waals surface area contributed by atoms with Gasteiger partial charge in [0.05, 0.1) is 0 Å². The Morgan fingerprint density at radius 3 is 2.60 bits per heavy atom. The van der Waals surface area contributed by atoms with Gasteiger partial charge in [0.2, 0.25) is 11.8 Å². The molecule has 0 saturated heterocycles. The zero-order valence-corrected chi connectivity index (χ0v) is 14.5. The molecule has 0 spiro atoms. The number of rotatable bonds is 7. The zero-order valence-electron chi connectivity index (χ0n) is 13.8. The second-order valence-electron chi connectivity index (χ2n) is 5.43. The summed E-state index contributed by atoms with van der Waals surface area (Å²) in [6.45, 7) is 1.16. The van der Waals surface area contributed by atoms with Crippen molar-refractivity contribution in [1.82, 2.24) is 10.3 Å². The predicted octanol–water partition coefficient (Wildman–Crippen LogP) is 4.20. The number of nitrogens with one attached hydrogen (secondary N) is 1. The molecule has 0 unspecified atom stereocenters. The van der Waals surface area contributed by atoms with Crippen LogP contribution in [0.25, 0.3) is 10.8 Å². The standard InChI is InChI=1S/C19H18ClFN2O2/c1-22-10-11-24-18-9-6-13(19(21)23-18)12-25-17-8-7-16(20)14-4-2-3-5-15(14)17/h2-9,22H,10-12H2,1H3. The fourth-order valence-corrected chi connectivity index (χ4v) is 2.64. The van der Waals surface area contributed by atoms with E-state index in [9.17, 15) is 4.39 Å². The molecule has 1 N–H and O–H groups in total. The number of halogens is 2. The number of hydrogen-bond donors (Lipinski definition) is 1. The average Bonchev–Trinajstić information content (AvgIpc) is 2.63. The molecular weight excluding hydrogens is 343 g/mol. The number of likely N-dealkylation sites (N-methyl/N-ethyl adjacent to an activating group) is 1. The molecule has 0 atom stereocenters. The third kappa shape index (κ3) is 4.18. The fraction of sp³-hybridized carbons (Fsp3) is 0.211. The third-order valence-corrected chi connectivity index (χ3v) is 4.05. The summed E-state index contributed by atoms with van der Waals surface area (Å²) in [5, 5.41) is 5.38. The molecule has 0 saturated carbocycles. The summed E-state index contributed by atoms with van der Waals surface area (Å²) >= 11 is 6.20. The van der Waals surface area contributed by atoms with Crippen LogP contribution < -0.4 is 14.8 Å². The maximum atomic E-state index is 14.1. The highest BCUT2D eigenvalue weighted by Crippen LogP contribution is 2.31. The lowest BCUT2D eigenvalue weighted by atomic mass is 10.1. The summed E-state index contributed by atoms with van der Waals surface area (Å²) in [5.74, 6) is 0.308. The highest BCUT2D eigenvalue weighted by atomic mass is 35.5. The van der Waals surface area contributed by atoms with Gasteiger partial charge in [0.15, 0.2) is 0 Å². The normalized spacial score (nSPS) is 10.8. The summed E-state index contributed by atoms with van der Waals surface area (Å²) in [7, 11) is 1.82. The van der Waals surface area contributed by atoms with Gasteiger partial charge in [-0.25, -0.2) is 0 Å². The van der Waals surface area contributed by atoms with Gasteiger partial charge in [0.25, 0.3) is 0 Å². The van der Waals surface area contributed by atoms with Crippen LogP contribution in [0.4, 0.5) is 4.39 Å². The number of ether oxygens (including phenoxy) is 2. The molecular formula is C19H18ClFN2O2. The smallest absolute Gasteiger partial charge is 0.222 e. The summed E-state index contributed by atoms with van der Waals surface area (Å²) in [6, 6.07) is 14.5. The Kier molecular flexibility index (Phi) is 5.68. The Morgan fingerprint density at radius 2 is 1.84 bits per heavy atom. The van der Waals surface area contributed by atoms with Crippen LogP contribution in [-0.4, -0.2) is 25.2 Å². The van der Waals surface area contributed by atoms with Crippen LogP contribution in [0.5, 0.6) is 11.6 Å². The van der Waals surface area contributed by atoms with E-state index in [1.807, 2.05) is 31.3 Å². The highest BCUT2D eigenvalue weighted by molar-refractivity contribution is 6.35. The van der Waals surface area contributed by atoms with Crippen molar-refractivity contribution >= 4 is 22.4 Å². The van der Waals surface area contributed by atoms with Crippen LogP contribution in [0.2, 0.25) is 5.02 Å². The monoisotopic (exact) mass is 360 g/mol. The number of hydrogen-bond acceptors (Lipinski definition) is 4. The predicted molar refractivity (Wildman–Crippen MR) is 96.9 cm³/mol. The van der Waals surface area contributed by atoms with E-state index in [-0.39, 0.29) is 12.5 Å². The Labute approximate surface area is 150 Å². The SMILES string of the molecule is CNCCOc1ccc(COc2ccc(Cl)c3ccccc23)c(F)n1. The first kappa shape index (κ1) is 17.5. The maximum absolute atomic E-state index is 14.1. The Bertz CT molecular complexity index is 873. The molecule has 2 aromatic carbocycles. The van der Waals surface area contributed by atoms with Gasteiger partial charge in [-0.15, -0.1) is 0 Å². The molecule has 0 radical (unpaired) electrons. The molecule has 0 amide bonds. The van der Waals surface area contributed by atoms with Crippen molar-refractivity contribution < 1.29 is 13.9 Å². The molecule has 1 aromatic heterocycles. The molecule has 0 aliphatic rings. The number of fused-ring (bicyclic) bond motifs is 1. The quantitative estimate of drug-likeness (QED) is 0.506. The molecule has 130 valence electrons. The number of benzene rings is 2. The van der Waals surface area contributed by atoms with Crippen LogP contribution >= 0.6 is 11.6 Å². The highest BCUT2D eigenvalue weighted by Gasteiger charge is 2.09. The van der Waals surface area contributed by atoms with Gasteiger partial charge in [-0.05, 0) is 25.2 Å². The zero-order chi connectivity index (χ0) is 17.6. The summed E-state index contributed by atoms with van der Waals surface area (Å²) in [5.41, 5.74) is 0.361. The number of nitrogens with zero attached hydrogens (tertiary/aromatic N) is 1. The van der Waals surface area contributed by atoms with E-state index in [4.69, 9.17) is 21.1 Å². The van der Waals surface area contributed by atoms with Crippen molar-refractivity contribution in [2.75, 3.05) is 20.2 Å². The van der Waals surface area contributed by atoms with Crippen LogP contribution in [-0.2, 0) is 6.61 Å². The fourth-order valence-electron chi connectivity index (χ4n) is 2.41. The van der Waals surface area contributed by atoms with E-state index in [2.05, 4.69) is 10.3 Å². The average molecular weight is 361 g/mol. The van der Waals surface area contributed by atoms with Gasteiger partial charge in [-0.2, -0.15) is 9.37 Å². The largest absolute Gasteiger partial charge is 0.488 e. The summed E-state index contributed by atoms with van der Waals surface area (Å²) < 4.78 is 25.3. The summed E-state index contributed by atoms with van der Waals surface area (Å²) in [6.07, 6.45) is 0. The molecule has 3 rings (SSSR count). The first-order valence-electron chi connectivity index (χ1n) is 7.92. The van der Waals surface area contributed by atoms with E-state index < -0.39 is 5.95 Å². The van der Waals surface area contributed by atoms with E-state index in [0.29, 0.717) is 29.5 Å². The van der Waals surface area contributed by atoms with Crippen LogP contribution in [0.15, 0.2) is 48.5 Å². The Morgan fingerprint density at radius 1 is 1.04 bits per heavy atom. The molecule has 3 aromatic rings. The minimum atomic E-state index is -0.597. The van der Waals surface area contributed by atoms with Crippen molar-refractivity contribution in [3.8, 4) is 11.6 Å². The molecule has 0 fully saturated rings. The van der Waals surface area contributed by atoms with E-state index in [1.54, 1.807) is 24.3 Å². The Hall–Kier alpha value is -2.37. The first-order chi connectivity index (χ1) is 12.2.